The van der Waals surface area contributed by atoms with Crippen LogP contribution >= 0.6 is 0 Å². The smallest absolute Gasteiger partial charge is 0.340 e. The number of fused-ring (bicyclic) bond motifs is 1. The summed E-state index contributed by atoms with van der Waals surface area (Å²) in [5, 5.41) is 5.64. The molecule has 2 N–H and O–H groups in total. The number of pyridine rings is 1. The molecule has 44 heavy (non-hydrogen) atoms. The van der Waals surface area contributed by atoms with E-state index in [4.69, 9.17) is 29.4 Å². The summed E-state index contributed by atoms with van der Waals surface area (Å²) < 4.78 is 43.5. The Bertz CT molecular complexity index is 1630. The maximum Gasteiger partial charge on any atom is 0.340 e. The van der Waals surface area contributed by atoms with Gasteiger partial charge in [0.05, 0.1) is 51.5 Å². The largest absolute Gasteiger partial charge is 0.497 e. The first-order valence-electron chi connectivity index (χ1n) is 14.1. The van der Waals surface area contributed by atoms with E-state index in [0.717, 1.165) is 50.3 Å². The van der Waals surface area contributed by atoms with E-state index >= 15 is 4.39 Å². The van der Waals surface area contributed by atoms with Gasteiger partial charge >= 0.3 is 6.03 Å². The van der Waals surface area contributed by atoms with Gasteiger partial charge in [-0.05, 0) is 48.4 Å². The van der Waals surface area contributed by atoms with Gasteiger partial charge in [0, 0.05) is 43.4 Å². The number of morpholine rings is 1. The molecule has 0 atom stereocenters. The molecule has 1 saturated heterocycles. The summed E-state index contributed by atoms with van der Waals surface area (Å²) in [5.41, 5.74) is 6.91. The van der Waals surface area contributed by atoms with Gasteiger partial charge in [-0.1, -0.05) is 12.1 Å². The van der Waals surface area contributed by atoms with Crippen molar-refractivity contribution in [3.8, 4) is 28.7 Å². The zero-order chi connectivity index (χ0) is 30.9. The molecule has 0 saturated carbocycles. The van der Waals surface area contributed by atoms with Crippen molar-refractivity contribution in [3.63, 3.8) is 0 Å². The number of nitrogens with two attached hydrogens (primary N) is 1. The van der Waals surface area contributed by atoms with Crippen molar-refractivity contribution < 1.29 is 32.9 Å². The third kappa shape index (κ3) is 7.52. The predicted octanol–water partition coefficient (Wildman–Crippen LogP) is 5.20. The van der Waals surface area contributed by atoms with Crippen LogP contribution in [0.2, 0.25) is 0 Å². The average Bonchev–Trinajstić information content (AvgIpc) is 3.04. The molecule has 0 bridgehead atoms. The van der Waals surface area contributed by atoms with Crippen LogP contribution < -0.4 is 29.7 Å². The highest BCUT2D eigenvalue weighted by Crippen LogP contribution is 2.38. The van der Waals surface area contributed by atoms with Crippen LogP contribution in [0.25, 0.3) is 10.9 Å². The summed E-state index contributed by atoms with van der Waals surface area (Å²) in [6, 6.07) is 15.3. The number of halogens is 1. The maximum absolute atomic E-state index is 15.3. The number of hydrazone groups is 1. The summed E-state index contributed by atoms with van der Waals surface area (Å²) in [6.45, 7) is 4.81. The molecule has 12 heteroatoms. The van der Waals surface area contributed by atoms with Crippen LogP contribution in [-0.4, -0.2) is 75.8 Å². The van der Waals surface area contributed by atoms with Gasteiger partial charge in [-0.2, -0.15) is 10.1 Å². The Morgan fingerprint density at radius 3 is 2.64 bits per heavy atom. The Kier molecular flexibility index (Phi) is 10.1. The minimum Gasteiger partial charge on any atom is -0.497 e. The second-order valence-electron chi connectivity index (χ2n) is 9.87. The van der Waals surface area contributed by atoms with Crippen molar-refractivity contribution in [2.24, 2.45) is 10.8 Å². The minimum absolute atomic E-state index is 0.0650. The fourth-order valence-corrected chi connectivity index (χ4v) is 4.70. The number of carbonyl (C=O) groups is 1. The van der Waals surface area contributed by atoms with Gasteiger partial charge in [0.15, 0.2) is 23.1 Å². The minimum atomic E-state index is -0.886. The molecular formula is C32H34FN5O6. The number of rotatable bonds is 12. The van der Waals surface area contributed by atoms with Crippen LogP contribution in [0.15, 0.2) is 72.0 Å². The topological polar surface area (TPSA) is 121 Å². The molecule has 1 aliphatic rings. The highest BCUT2D eigenvalue weighted by atomic mass is 19.1. The van der Waals surface area contributed by atoms with Gasteiger partial charge in [-0.15, -0.1) is 0 Å². The molecular weight excluding hydrogens is 569 g/mol. The lowest BCUT2D eigenvalue weighted by molar-refractivity contribution is 0.0357. The second kappa shape index (κ2) is 14.5. The average molecular weight is 604 g/mol. The molecule has 1 fully saturated rings. The fourth-order valence-electron chi connectivity index (χ4n) is 4.70. The van der Waals surface area contributed by atoms with Crippen LogP contribution in [0, 0.1) is 5.82 Å². The Hall–Kier alpha value is -4.94. The van der Waals surface area contributed by atoms with Gasteiger partial charge in [0.2, 0.25) is 0 Å². The van der Waals surface area contributed by atoms with Crippen molar-refractivity contribution in [1.29, 1.82) is 0 Å². The van der Waals surface area contributed by atoms with Crippen LogP contribution in [0.1, 0.15) is 12.0 Å². The lowest BCUT2D eigenvalue weighted by Gasteiger charge is -2.26. The Labute approximate surface area is 254 Å². The zero-order valence-corrected chi connectivity index (χ0v) is 24.6. The quantitative estimate of drug-likeness (QED) is 0.133. The highest BCUT2D eigenvalue weighted by Gasteiger charge is 2.17. The summed E-state index contributed by atoms with van der Waals surface area (Å²) >= 11 is 0. The number of primary amides is 1. The first-order chi connectivity index (χ1) is 21.4. The van der Waals surface area contributed by atoms with Crippen LogP contribution in [0.3, 0.4) is 0 Å². The Morgan fingerprint density at radius 2 is 1.89 bits per heavy atom. The third-order valence-electron chi connectivity index (χ3n) is 6.97. The van der Waals surface area contributed by atoms with Gasteiger partial charge in [-0.3, -0.25) is 9.88 Å². The molecule has 2 amide bonds. The molecule has 4 aromatic rings. The molecule has 5 rings (SSSR count). The molecule has 0 spiro atoms. The number of carbonyl (C=O) groups excluding carboxylic acids is 1. The molecule has 1 aromatic heterocycles. The fraction of sp³-hybridized carbons (Fsp3) is 0.281. The number of aromatic nitrogens is 1. The van der Waals surface area contributed by atoms with E-state index in [-0.39, 0.29) is 11.4 Å². The van der Waals surface area contributed by atoms with E-state index in [1.807, 2.05) is 0 Å². The summed E-state index contributed by atoms with van der Waals surface area (Å²) in [4.78, 5) is 18.9. The standard InChI is InChI=1S/C32H34FN5O6/c1-40-24-6-3-5-22(17-24)21-36-38(32(34)39)23-7-8-29(26(33)18-23)44-28-9-10-35-27-20-31(30(41-2)19-25(27)28)43-14-4-11-37-12-15-42-16-13-37/h3,5-10,17-21H,4,11-16H2,1-2H3,(H2,34,39)/b36-21+. The van der Waals surface area contributed by atoms with Crippen LogP contribution in [-0.2, 0) is 4.74 Å². The SMILES string of the molecule is COc1cccc(/C=N/N(C(N)=O)c2ccc(Oc3ccnc4cc(OCCCN5CCOCC5)c(OC)cc34)c(F)c2)c1. The van der Waals surface area contributed by atoms with Gasteiger partial charge in [0.1, 0.15) is 11.5 Å². The van der Waals surface area contributed by atoms with Crippen LogP contribution in [0.4, 0.5) is 14.9 Å². The van der Waals surface area contributed by atoms with Gasteiger partial charge in [0.25, 0.3) is 0 Å². The number of hydrogen-bond donors (Lipinski definition) is 1. The summed E-state index contributed by atoms with van der Waals surface area (Å²) in [7, 11) is 3.10. The van der Waals surface area contributed by atoms with E-state index in [1.54, 1.807) is 62.9 Å². The molecule has 1 aliphatic heterocycles. The van der Waals surface area contributed by atoms with E-state index < -0.39 is 11.8 Å². The molecule has 0 radical (unpaired) electrons. The van der Waals surface area contributed by atoms with Gasteiger partial charge in [-0.25, -0.2) is 9.18 Å². The molecule has 11 nitrogen and oxygen atoms in total. The second-order valence-corrected chi connectivity index (χ2v) is 9.87. The molecule has 3 aromatic carbocycles. The molecule has 0 unspecified atom stereocenters. The molecule has 230 valence electrons. The number of hydrogen-bond acceptors (Lipinski definition) is 9. The lowest BCUT2D eigenvalue weighted by Crippen LogP contribution is -2.37. The van der Waals surface area contributed by atoms with E-state index in [0.29, 0.717) is 46.1 Å². The van der Waals surface area contributed by atoms with E-state index in [1.165, 1.54) is 18.3 Å². The normalized spacial score (nSPS) is 13.6. The lowest BCUT2D eigenvalue weighted by atomic mass is 10.1. The van der Waals surface area contributed by atoms with E-state index in [9.17, 15) is 4.79 Å². The summed E-state index contributed by atoms with van der Waals surface area (Å²) in [5.74, 6) is 1.26. The number of benzene rings is 3. The van der Waals surface area contributed by atoms with E-state index in [2.05, 4.69) is 15.0 Å². The van der Waals surface area contributed by atoms with Crippen molar-refractivity contribution in [2.45, 2.75) is 6.42 Å². The first kappa shape index (κ1) is 30.5. The highest BCUT2D eigenvalue weighted by molar-refractivity contribution is 5.93. The first-order valence-corrected chi connectivity index (χ1v) is 14.1. The van der Waals surface area contributed by atoms with Crippen molar-refractivity contribution in [3.05, 3.63) is 78.2 Å². The maximum atomic E-state index is 15.3. The van der Waals surface area contributed by atoms with Crippen molar-refractivity contribution >= 4 is 28.8 Å². The number of anilines is 1. The number of urea groups is 1. The summed E-state index contributed by atoms with van der Waals surface area (Å²) in [6.07, 6.45) is 3.85. The number of methoxy groups -OCH3 is 2. The zero-order valence-electron chi connectivity index (χ0n) is 24.6. The van der Waals surface area contributed by atoms with Crippen LogP contribution in [0.5, 0.6) is 28.7 Å². The Balaban J connectivity index is 1.31. The monoisotopic (exact) mass is 603 g/mol. The number of amides is 2. The van der Waals surface area contributed by atoms with Crippen molar-refractivity contribution in [2.75, 3.05) is 58.7 Å². The number of nitrogens with zero attached hydrogens (tertiary/aromatic N) is 4. The van der Waals surface area contributed by atoms with Crippen molar-refractivity contribution in [1.82, 2.24) is 9.88 Å². The Morgan fingerprint density at radius 1 is 1.05 bits per heavy atom. The molecule has 2 heterocycles. The van der Waals surface area contributed by atoms with Gasteiger partial charge < -0.3 is 29.4 Å². The number of ether oxygens (including phenoxy) is 5. The third-order valence-corrected chi connectivity index (χ3v) is 6.97. The predicted molar refractivity (Wildman–Crippen MR) is 165 cm³/mol. The molecule has 0 aliphatic carbocycles.